The van der Waals surface area contributed by atoms with E-state index in [-0.39, 0.29) is 24.9 Å². The minimum Gasteiger partial charge on any atom is -0.354 e. The van der Waals surface area contributed by atoms with Gasteiger partial charge in [0, 0.05) is 19.5 Å². The summed E-state index contributed by atoms with van der Waals surface area (Å²) in [6.45, 7) is -1.15. The van der Waals surface area contributed by atoms with Gasteiger partial charge in [0.05, 0.1) is 12.0 Å². The predicted octanol–water partition coefficient (Wildman–Crippen LogP) is 1.88. The first kappa shape index (κ1) is 18.7. The smallest absolute Gasteiger partial charge is 0.354 e. The Balaban J connectivity index is 1.90. The van der Waals surface area contributed by atoms with Gasteiger partial charge < -0.3 is 15.1 Å². The summed E-state index contributed by atoms with van der Waals surface area (Å²) in [5.41, 5.74) is 1.06. The Labute approximate surface area is 142 Å². The van der Waals surface area contributed by atoms with Gasteiger partial charge in [0.25, 0.3) is 0 Å². The minimum atomic E-state index is -4.45. The number of likely N-dealkylation sites (N-methyl/N-ethyl adjacent to an activating group) is 1. The SMILES string of the molecule is CN(C)[C@H](CNC(=O)[C@@H]1CC(=O)N(CC(F)(F)F)C1)c1ccsc1. The highest BCUT2D eigenvalue weighted by atomic mass is 32.1. The average Bonchev–Trinajstić information content (AvgIpc) is 3.08. The van der Waals surface area contributed by atoms with Gasteiger partial charge in [-0.2, -0.15) is 24.5 Å². The molecule has 0 bridgehead atoms. The molecular weight excluding hydrogens is 343 g/mol. The number of thiophene rings is 1. The molecule has 0 saturated carbocycles. The van der Waals surface area contributed by atoms with Gasteiger partial charge >= 0.3 is 6.18 Å². The Bertz CT molecular complexity index is 575. The van der Waals surface area contributed by atoms with E-state index in [4.69, 9.17) is 0 Å². The van der Waals surface area contributed by atoms with Gasteiger partial charge in [0.2, 0.25) is 11.8 Å². The van der Waals surface area contributed by atoms with Crippen molar-refractivity contribution < 1.29 is 22.8 Å². The van der Waals surface area contributed by atoms with Crippen LogP contribution in [0.25, 0.3) is 0 Å². The van der Waals surface area contributed by atoms with E-state index in [9.17, 15) is 22.8 Å². The number of nitrogens with zero attached hydrogens (tertiary/aromatic N) is 2. The summed E-state index contributed by atoms with van der Waals surface area (Å²) in [6.07, 6.45) is -4.62. The maximum Gasteiger partial charge on any atom is 0.406 e. The molecule has 2 rings (SSSR count). The Morgan fingerprint density at radius 3 is 2.75 bits per heavy atom. The van der Waals surface area contributed by atoms with Crippen LogP contribution in [-0.2, 0) is 9.59 Å². The van der Waals surface area contributed by atoms with Crippen molar-refractivity contribution in [2.24, 2.45) is 5.92 Å². The van der Waals surface area contributed by atoms with Crippen molar-refractivity contribution in [3.05, 3.63) is 22.4 Å². The summed E-state index contributed by atoms with van der Waals surface area (Å²) in [4.78, 5) is 26.5. The van der Waals surface area contributed by atoms with Gasteiger partial charge in [-0.3, -0.25) is 9.59 Å². The molecule has 1 saturated heterocycles. The third-order valence-electron chi connectivity index (χ3n) is 3.98. The van der Waals surface area contributed by atoms with Crippen molar-refractivity contribution in [1.82, 2.24) is 15.1 Å². The van der Waals surface area contributed by atoms with E-state index >= 15 is 0 Å². The molecule has 1 aliphatic rings. The lowest BCUT2D eigenvalue weighted by Gasteiger charge is -2.24. The second-order valence-corrected chi connectivity index (χ2v) is 6.85. The quantitative estimate of drug-likeness (QED) is 0.840. The normalized spacial score (nSPS) is 19.8. The summed E-state index contributed by atoms with van der Waals surface area (Å²) in [5, 5.41) is 6.69. The molecule has 2 heterocycles. The van der Waals surface area contributed by atoms with Crippen molar-refractivity contribution in [2.75, 3.05) is 33.7 Å². The van der Waals surface area contributed by atoms with Gasteiger partial charge in [-0.15, -0.1) is 0 Å². The lowest BCUT2D eigenvalue weighted by atomic mass is 10.1. The summed E-state index contributed by atoms with van der Waals surface area (Å²) in [5.74, 6) is -1.74. The zero-order chi connectivity index (χ0) is 17.9. The van der Waals surface area contributed by atoms with Gasteiger partial charge in [0.1, 0.15) is 6.54 Å². The number of hydrogen-bond acceptors (Lipinski definition) is 4. The topological polar surface area (TPSA) is 52.7 Å². The monoisotopic (exact) mass is 363 g/mol. The van der Waals surface area contributed by atoms with Crippen molar-refractivity contribution in [2.45, 2.75) is 18.6 Å². The van der Waals surface area contributed by atoms with Crippen LogP contribution < -0.4 is 5.32 Å². The Morgan fingerprint density at radius 1 is 1.50 bits per heavy atom. The van der Waals surface area contributed by atoms with Crippen molar-refractivity contribution in [3.63, 3.8) is 0 Å². The number of hydrogen-bond donors (Lipinski definition) is 1. The molecule has 134 valence electrons. The summed E-state index contributed by atoms with van der Waals surface area (Å²) < 4.78 is 37.2. The number of carbonyl (C=O) groups excluding carboxylic acids is 2. The lowest BCUT2D eigenvalue weighted by molar-refractivity contribution is -0.157. The van der Waals surface area contributed by atoms with Gasteiger partial charge in [-0.25, -0.2) is 0 Å². The molecule has 0 spiro atoms. The first-order valence-corrected chi connectivity index (χ1v) is 8.42. The largest absolute Gasteiger partial charge is 0.406 e. The van der Waals surface area contributed by atoms with E-state index in [0.717, 1.165) is 5.56 Å². The number of halogens is 3. The van der Waals surface area contributed by atoms with Crippen molar-refractivity contribution >= 4 is 23.2 Å². The number of carbonyl (C=O) groups is 2. The number of alkyl halides is 3. The van der Waals surface area contributed by atoms with E-state index in [2.05, 4.69) is 5.32 Å². The highest BCUT2D eigenvalue weighted by Crippen LogP contribution is 2.24. The molecule has 24 heavy (non-hydrogen) atoms. The second kappa shape index (κ2) is 7.52. The fourth-order valence-electron chi connectivity index (χ4n) is 2.72. The van der Waals surface area contributed by atoms with Crippen LogP contribution in [-0.4, -0.2) is 61.5 Å². The first-order valence-electron chi connectivity index (χ1n) is 7.48. The van der Waals surface area contributed by atoms with Crippen LogP contribution in [0.2, 0.25) is 0 Å². The molecule has 9 heteroatoms. The minimum absolute atomic E-state index is 0.0245. The molecule has 2 amide bonds. The molecule has 1 N–H and O–H groups in total. The molecule has 2 atom stereocenters. The summed E-state index contributed by atoms with van der Waals surface area (Å²) in [7, 11) is 3.78. The summed E-state index contributed by atoms with van der Waals surface area (Å²) >= 11 is 1.55. The highest BCUT2D eigenvalue weighted by molar-refractivity contribution is 7.07. The second-order valence-electron chi connectivity index (χ2n) is 6.07. The van der Waals surface area contributed by atoms with E-state index < -0.39 is 24.5 Å². The molecular formula is C15H20F3N3O2S. The van der Waals surface area contributed by atoms with Crippen LogP contribution in [0.1, 0.15) is 18.0 Å². The van der Waals surface area contributed by atoms with Crippen LogP contribution in [0, 0.1) is 5.92 Å². The van der Waals surface area contributed by atoms with Gasteiger partial charge in [-0.05, 0) is 36.5 Å². The molecule has 1 aromatic heterocycles. The number of likely N-dealkylation sites (tertiary alicyclic amines) is 1. The van der Waals surface area contributed by atoms with Gasteiger partial charge in [0.15, 0.2) is 0 Å². The zero-order valence-electron chi connectivity index (χ0n) is 13.5. The molecule has 1 aliphatic heterocycles. The predicted molar refractivity (Wildman–Crippen MR) is 84.5 cm³/mol. The Kier molecular flexibility index (Phi) is 5.87. The molecule has 0 radical (unpaired) electrons. The van der Waals surface area contributed by atoms with Gasteiger partial charge in [-0.1, -0.05) is 0 Å². The first-order chi connectivity index (χ1) is 11.2. The molecule has 1 aromatic rings. The third kappa shape index (κ3) is 4.94. The van der Waals surface area contributed by atoms with Crippen molar-refractivity contribution in [3.8, 4) is 0 Å². The molecule has 0 aliphatic carbocycles. The molecule has 0 unspecified atom stereocenters. The van der Waals surface area contributed by atoms with Crippen LogP contribution in [0.5, 0.6) is 0 Å². The molecule has 5 nitrogen and oxygen atoms in total. The third-order valence-corrected chi connectivity index (χ3v) is 4.68. The van der Waals surface area contributed by atoms with E-state index in [0.29, 0.717) is 11.4 Å². The van der Waals surface area contributed by atoms with E-state index in [1.54, 1.807) is 11.3 Å². The number of amides is 2. The van der Waals surface area contributed by atoms with Crippen LogP contribution in [0.15, 0.2) is 16.8 Å². The van der Waals surface area contributed by atoms with E-state index in [1.807, 2.05) is 35.8 Å². The van der Waals surface area contributed by atoms with Crippen LogP contribution in [0.3, 0.4) is 0 Å². The number of rotatable bonds is 6. The average molecular weight is 363 g/mol. The lowest BCUT2D eigenvalue weighted by Crippen LogP contribution is -2.39. The standard InChI is InChI=1S/C15H20F3N3O2S/c1-20(2)12(10-3-4-24-8-10)6-19-14(23)11-5-13(22)21(7-11)9-15(16,17)18/h3-4,8,11-12H,5-7,9H2,1-2H3,(H,19,23)/t11-,12-/m1/s1. The fraction of sp³-hybridized carbons (Fsp3) is 0.600. The van der Waals surface area contributed by atoms with Crippen molar-refractivity contribution in [1.29, 1.82) is 0 Å². The zero-order valence-corrected chi connectivity index (χ0v) is 14.3. The van der Waals surface area contributed by atoms with Crippen LogP contribution in [0.4, 0.5) is 13.2 Å². The number of nitrogens with one attached hydrogen (secondary N) is 1. The Morgan fingerprint density at radius 2 is 2.21 bits per heavy atom. The molecule has 0 aromatic carbocycles. The molecule has 1 fully saturated rings. The maximum absolute atomic E-state index is 12.4. The van der Waals surface area contributed by atoms with E-state index in [1.165, 1.54) is 0 Å². The Hall–Kier alpha value is -1.61. The maximum atomic E-state index is 12.4. The highest BCUT2D eigenvalue weighted by Gasteiger charge is 2.40. The summed E-state index contributed by atoms with van der Waals surface area (Å²) in [6, 6.07) is 1.94. The van der Waals surface area contributed by atoms with Crippen LogP contribution >= 0.6 is 11.3 Å². The fourth-order valence-corrected chi connectivity index (χ4v) is 3.43.